The number of benzene rings is 1. The van der Waals surface area contributed by atoms with Gasteiger partial charge in [0.25, 0.3) is 5.91 Å². The SMILES string of the molecule is Cc1ccc2nc(C)c(C)c(C(=O)N3CCC4CCC(C3)N4)c2c1. The van der Waals surface area contributed by atoms with Crippen molar-refractivity contribution in [3.05, 3.63) is 40.6 Å². The van der Waals surface area contributed by atoms with Crippen LogP contribution in [0, 0.1) is 20.8 Å². The van der Waals surface area contributed by atoms with Crippen LogP contribution in [0.2, 0.25) is 0 Å². The van der Waals surface area contributed by atoms with E-state index in [0.717, 1.165) is 52.8 Å². The number of carbonyl (C=O) groups excluding carboxylic acids is 1. The molecule has 126 valence electrons. The first kappa shape index (κ1) is 15.6. The third-order valence-electron chi connectivity index (χ3n) is 5.65. The first-order valence-electron chi connectivity index (χ1n) is 8.96. The average molecular weight is 323 g/mol. The van der Waals surface area contributed by atoms with Gasteiger partial charge in [-0.2, -0.15) is 0 Å². The van der Waals surface area contributed by atoms with E-state index in [1.807, 2.05) is 19.9 Å². The third-order valence-corrected chi connectivity index (χ3v) is 5.65. The van der Waals surface area contributed by atoms with Gasteiger partial charge in [0, 0.05) is 36.3 Å². The van der Waals surface area contributed by atoms with Crippen molar-refractivity contribution in [3.63, 3.8) is 0 Å². The number of nitrogens with zero attached hydrogens (tertiary/aromatic N) is 2. The van der Waals surface area contributed by atoms with Crippen LogP contribution in [-0.2, 0) is 0 Å². The molecule has 1 aromatic carbocycles. The van der Waals surface area contributed by atoms with E-state index < -0.39 is 0 Å². The van der Waals surface area contributed by atoms with Crippen molar-refractivity contribution < 1.29 is 4.79 Å². The summed E-state index contributed by atoms with van der Waals surface area (Å²) in [6, 6.07) is 7.24. The van der Waals surface area contributed by atoms with Gasteiger partial charge in [-0.3, -0.25) is 9.78 Å². The Morgan fingerprint density at radius 2 is 1.96 bits per heavy atom. The molecule has 4 nitrogen and oxygen atoms in total. The third kappa shape index (κ3) is 2.59. The number of aromatic nitrogens is 1. The van der Waals surface area contributed by atoms with Gasteiger partial charge in [-0.1, -0.05) is 11.6 Å². The minimum Gasteiger partial charge on any atom is -0.337 e. The van der Waals surface area contributed by atoms with Gasteiger partial charge in [-0.25, -0.2) is 0 Å². The Bertz CT molecular complexity index is 814. The molecule has 1 N–H and O–H groups in total. The Kier molecular flexibility index (Phi) is 3.80. The molecular formula is C20H25N3O. The summed E-state index contributed by atoms with van der Waals surface area (Å²) in [7, 11) is 0. The zero-order chi connectivity index (χ0) is 16.8. The predicted octanol–water partition coefficient (Wildman–Crippen LogP) is 3.13. The van der Waals surface area contributed by atoms with Crippen LogP contribution < -0.4 is 5.32 Å². The van der Waals surface area contributed by atoms with Crippen molar-refractivity contribution in [1.82, 2.24) is 15.2 Å². The number of amides is 1. The largest absolute Gasteiger partial charge is 0.337 e. The van der Waals surface area contributed by atoms with E-state index in [9.17, 15) is 4.79 Å². The molecule has 1 amide bonds. The second-order valence-electron chi connectivity index (χ2n) is 7.40. The summed E-state index contributed by atoms with van der Waals surface area (Å²) in [5, 5.41) is 4.65. The fourth-order valence-electron chi connectivity index (χ4n) is 4.16. The molecule has 3 heterocycles. The number of fused-ring (bicyclic) bond motifs is 3. The highest BCUT2D eigenvalue weighted by molar-refractivity contribution is 6.07. The number of pyridine rings is 1. The molecule has 2 atom stereocenters. The summed E-state index contributed by atoms with van der Waals surface area (Å²) in [4.78, 5) is 20.1. The smallest absolute Gasteiger partial charge is 0.254 e. The standard InChI is InChI=1S/C20H25N3O/c1-12-4-7-18-17(10-12)19(13(2)14(3)21-18)20(24)23-9-8-15-5-6-16(11-23)22-15/h4,7,10,15-16,22H,5-6,8-9,11H2,1-3H3. The van der Waals surface area contributed by atoms with Gasteiger partial charge >= 0.3 is 0 Å². The van der Waals surface area contributed by atoms with E-state index in [-0.39, 0.29) is 5.91 Å². The highest BCUT2D eigenvalue weighted by Gasteiger charge is 2.32. The van der Waals surface area contributed by atoms with Crippen molar-refractivity contribution in [2.45, 2.75) is 52.1 Å². The lowest BCUT2D eigenvalue weighted by molar-refractivity contribution is 0.0749. The Balaban J connectivity index is 1.78. The average Bonchev–Trinajstić information content (AvgIpc) is 2.88. The van der Waals surface area contributed by atoms with Gasteiger partial charge < -0.3 is 10.2 Å². The number of nitrogens with one attached hydrogen (secondary N) is 1. The van der Waals surface area contributed by atoms with Crippen molar-refractivity contribution in [2.75, 3.05) is 13.1 Å². The van der Waals surface area contributed by atoms with E-state index in [2.05, 4.69) is 34.3 Å². The van der Waals surface area contributed by atoms with Gasteiger partial charge in [-0.15, -0.1) is 0 Å². The molecule has 24 heavy (non-hydrogen) atoms. The molecule has 4 heteroatoms. The monoisotopic (exact) mass is 323 g/mol. The first-order valence-corrected chi connectivity index (χ1v) is 8.96. The fraction of sp³-hybridized carbons (Fsp3) is 0.500. The Morgan fingerprint density at radius 3 is 2.79 bits per heavy atom. The topological polar surface area (TPSA) is 45.2 Å². The van der Waals surface area contributed by atoms with Crippen molar-refractivity contribution >= 4 is 16.8 Å². The summed E-state index contributed by atoms with van der Waals surface area (Å²) < 4.78 is 0. The second-order valence-corrected chi connectivity index (χ2v) is 7.40. The molecule has 2 aromatic rings. The number of likely N-dealkylation sites (tertiary alicyclic amines) is 1. The quantitative estimate of drug-likeness (QED) is 0.877. The van der Waals surface area contributed by atoms with Gasteiger partial charge in [0.1, 0.15) is 0 Å². The molecule has 2 bridgehead atoms. The molecule has 2 saturated heterocycles. The van der Waals surface area contributed by atoms with Crippen molar-refractivity contribution in [2.24, 2.45) is 0 Å². The second kappa shape index (κ2) is 5.85. The molecule has 2 aliphatic heterocycles. The molecule has 0 radical (unpaired) electrons. The molecule has 2 aliphatic rings. The zero-order valence-corrected chi connectivity index (χ0v) is 14.7. The molecule has 0 aliphatic carbocycles. The summed E-state index contributed by atoms with van der Waals surface area (Å²) in [5.74, 6) is 0.169. The number of aryl methyl sites for hydroxylation is 2. The van der Waals surface area contributed by atoms with Crippen LogP contribution >= 0.6 is 0 Å². The fourth-order valence-corrected chi connectivity index (χ4v) is 4.16. The van der Waals surface area contributed by atoms with E-state index >= 15 is 0 Å². The molecule has 2 fully saturated rings. The van der Waals surface area contributed by atoms with Crippen LogP contribution in [0.15, 0.2) is 18.2 Å². The van der Waals surface area contributed by atoms with Crippen LogP contribution in [0.5, 0.6) is 0 Å². The molecule has 0 spiro atoms. The van der Waals surface area contributed by atoms with Gasteiger partial charge in [-0.05, 0) is 57.7 Å². The normalized spacial score (nSPS) is 23.5. The molecule has 4 rings (SSSR count). The number of carbonyl (C=O) groups is 1. The first-order chi connectivity index (χ1) is 11.5. The lowest BCUT2D eigenvalue weighted by Crippen LogP contribution is -2.39. The van der Waals surface area contributed by atoms with Crippen LogP contribution in [0.1, 0.15) is 46.4 Å². The van der Waals surface area contributed by atoms with Crippen molar-refractivity contribution in [1.29, 1.82) is 0 Å². The lowest BCUT2D eigenvalue weighted by atomic mass is 9.98. The molecule has 0 saturated carbocycles. The minimum absolute atomic E-state index is 0.169. The van der Waals surface area contributed by atoms with Crippen LogP contribution in [0.25, 0.3) is 10.9 Å². The molecule has 2 unspecified atom stereocenters. The maximum atomic E-state index is 13.4. The van der Waals surface area contributed by atoms with Gasteiger partial charge in [0.15, 0.2) is 0 Å². The minimum atomic E-state index is 0.169. The maximum Gasteiger partial charge on any atom is 0.254 e. The van der Waals surface area contributed by atoms with E-state index in [1.54, 1.807) is 0 Å². The zero-order valence-electron chi connectivity index (χ0n) is 14.7. The predicted molar refractivity (Wildman–Crippen MR) is 96.4 cm³/mol. The highest BCUT2D eigenvalue weighted by atomic mass is 16.2. The maximum absolute atomic E-state index is 13.4. The molecular weight excluding hydrogens is 298 g/mol. The van der Waals surface area contributed by atoms with E-state index in [0.29, 0.717) is 12.1 Å². The number of hydrogen-bond donors (Lipinski definition) is 1. The summed E-state index contributed by atoms with van der Waals surface area (Å²) in [5.41, 5.74) is 4.89. The van der Waals surface area contributed by atoms with E-state index in [1.165, 1.54) is 12.8 Å². The molecule has 1 aromatic heterocycles. The lowest BCUT2D eigenvalue weighted by Gasteiger charge is -2.26. The van der Waals surface area contributed by atoms with Crippen LogP contribution in [-0.4, -0.2) is 41.0 Å². The Labute approximate surface area is 143 Å². The summed E-state index contributed by atoms with van der Waals surface area (Å²) in [6.07, 6.45) is 3.49. The van der Waals surface area contributed by atoms with Gasteiger partial charge in [0.2, 0.25) is 0 Å². The Hall–Kier alpha value is -1.94. The summed E-state index contributed by atoms with van der Waals surface area (Å²) >= 11 is 0. The van der Waals surface area contributed by atoms with Crippen molar-refractivity contribution in [3.8, 4) is 0 Å². The number of hydrogen-bond acceptors (Lipinski definition) is 3. The van der Waals surface area contributed by atoms with Crippen LogP contribution in [0.3, 0.4) is 0 Å². The van der Waals surface area contributed by atoms with Crippen LogP contribution in [0.4, 0.5) is 0 Å². The summed E-state index contributed by atoms with van der Waals surface area (Å²) in [6.45, 7) is 7.76. The Morgan fingerprint density at radius 1 is 1.17 bits per heavy atom. The van der Waals surface area contributed by atoms with Gasteiger partial charge in [0.05, 0.1) is 11.1 Å². The van der Waals surface area contributed by atoms with E-state index in [4.69, 9.17) is 0 Å². The highest BCUT2D eigenvalue weighted by Crippen LogP contribution is 2.27. The number of rotatable bonds is 1.